The molecule has 0 spiro atoms. The molecule has 6 heteroatoms. The fourth-order valence-corrected chi connectivity index (χ4v) is 3.45. The van der Waals surface area contributed by atoms with Crippen LogP contribution in [0.1, 0.15) is 5.56 Å². The van der Waals surface area contributed by atoms with Gasteiger partial charge in [0.05, 0.1) is 36.9 Å². The average molecular weight is 358 g/mol. The third kappa shape index (κ3) is 4.34. The lowest BCUT2D eigenvalue weighted by atomic mass is 10.2. The predicted octanol–water partition coefficient (Wildman–Crippen LogP) is 2.87. The van der Waals surface area contributed by atoms with Gasteiger partial charge in [-0.05, 0) is 30.7 Å². The van der Waals surface area contributed by atoms with E-state index >= 15 is 0 Å². The molecule has 0 aliphatic heterocycles. The van der Waals surface area contributed by atoms with E-state index in [4.69, 9.17) is 9.84 Å². The zero-order valence-electron chi connectivity index (χ0n) is 14.1. The van der Waals surface area contributed by atoms with E-state index in [2.05, 4.69) is 4.98 Å². The van der Waals surface area contributed by atoms with Crippen molar-refractivity contribution in [1.82, 2.24) is 9.55 Å². The van der Waals surface area contributed by atoms with E-state index in [1.807, 2.05) is 60.0 Å². The number of benzene rings is 2. The summed E-state index contributed by atoms with van der Waals surface area (Å²) in [5.74, 6) is 1.64. The lowest BCUT2D eigenvalue weighted by Crippen LogP contribution is -2.20. The van der Waals surface area contributed by atoms with Crippen LogP contribution in [0, 0.1) is 6.92 Å². The first-order valence-corrected chi connectivity index (χ1v) is 9.23. The Kier molecular flexibility index (Phi) is 5.96. The Morgan fingerprint density at radius 1 is 1.16 bits per heavy atom. The lowest BCUT2D eigenvalue weighted by molar-refractivity contribution is 0.0802. The van der Waals surface area contributed by atoms with E-state index in [0.717, 1.165) is 33.3 Å². The number of aryl methyl sites for hydroxylation is 1. The van der Waals surface area contributed by atoms with E-state index < -0.39 is 6.10 Å². The molecule has 132 valence electrons. The van der Waals surface area contributed by atoms with Crippen molar-refractivity contribution in [3.63, 3.8) is 0 Å². The smallest absolute Gasteiger partial charge is 0.169 e. The van der Waals surface area contributed by atoms with Gasteiger partial charge in [0.25, 0.3) is 0 Å². The Balaban J connectivity index is 1.68. The maximum Gasteiger partial charge on any atom is 0.169 e. The number of imidazole rings is 1. The van der Waals surface area contributed by atoms with Crippen molar-refractivity contribution >= 4 is 22.8 Å². The largest absolute Gasteiger partial charge is 0.492 e. The standard InChI is InChI=1S/C19H22N2O3S/c1-14-6-2-5-9-18(14)24-10-11-25-19-20-16-7-3-4-8-17(16)21(19)12-15(23)13-22/h2-9,15,22-23H,10-13H2,1H3. The number of fused-ring (bicyclic) bond motifs is 1. The maximum absolute atomic E-state index is 9.83. The SMILES string of the molecule is Cc1ccccc1OCCSc1nc2ccccc2n1CC(O)CO. The summed E-state index contributed by atoms with van der Waals surface area (Å²) in [6, 6.07) is 15.8. The number of aliphatic hydroxyl groups is 2. The van der Waals surface area contributed by atoms with E-state index in [0.29, 0.717) is 13.2 Å². The number of ether oxygens (including phenoxy) is 1. The van der Waals surface area contributed by atoms with Crippen molar-refractivity contribution in [2.45, 2.75) is 24.7 Å². The van der Waals surface area contributed by atoms with Crippen LogP contribution in [0.25, 0.3) is 11.0 Å². The summed E-state index contributed by atoms with van der Waals surface area (Å²) in [7, 11) is 0. The number of hydrogen-bond acceptors (Lipinski definition) is 5. The highest BCUT2D eigenvalue weighted by molar-refractivity contribution is 7.99. The molecule has 2 aromatic carbocycles. The number of thioether (sulfide) groups is 1. The number of nitrogens with zero attached hydrogens (tertiary/aromatic N) is 2. The highest BCUT2D eigenvalue weighted by Crippen LogP contribution is 2.25. The minimum Gasteiger partial charge on any atom is -0.492 e. The molecule has 2 N–H and O–H groups in total. The predicted molar refractivity (Wildman–Crippen MR) is 100 cm³/mol. The summed E-state index contributed by atoms with van der Waals surface area (Å²) in [4.78, 5) is 4.64. The molecule has 1 aromatic heterocycles. The summed E-state index contributed by atoms with van der Waals surface area (Å²) in [6.45, 7) is 2.64. The molecule has 1 heterocycles. The van der Waals surface area contributed by atoms with Gasteiger partial charge in [-0.15, -0.1) is 0 Å². The highest BCUT2D eigenvalue weighted by atomic mass is 32.2. The molecular weight excluding hydrogens is 336 g/mol. The molecular formula is C19H22N2O3S. The molecule has 0 radical (unpaired) electrons. The average Bonchev–Trinajstić information content (AvgIpc) is 2.97. The van der Waals surface area contributed by atoms with Gasteiger partial charge < -0.3 is 19.5 Å². The minimum absolute atomic E-state index is 0.271. The van der Waals surface area contributed by atoms with Gasteiger partial charge >= 0.3 is 0 Å². The summed E-state index contributed by atoms with van der Waals surface area (Å²) in [5, 5.41) is 19.8. The van der Waals surface area contributed by atoms with Gasteiger partial charge in [-0.3, -0.25) is 0 Å². The lowest BCUT2D eigenvalue weighted by Gasteiger charge is -2.13. The molecule has 0 amide bonds. The molecule has 0 saturated heterocycles. The van der Waals surface area contributed by atoms with E-state index in [1.165, 1.54) is 0 Å². The fourth-order valence-electron chi connectivity index (χ4n) is 2.61. The van der Waals surface area contributed by atoms with Crippen LogP contribution in [0.4, 0.5) is 0 Å². The number of aromatic nitrogens is 2. The second kappa shape index (κ2) is 8.38. The van der Waals surface area contributed by atoms with Gasteiger partial charge in [-0.2, -0.15) is 0 Å². The van der Waals surface area contributed by atoms with E-state index in [9.17, 15) is 5.11 Å². The maximum atomic E-state index is 9.83. The van der Waals surface area contributed by atoms with E-state index in [-0.39, 0.29) is 6.61 Å². The van der Waals surface area contributed by atoms with Crippen molar-refractivity contribution in [1.29, 1.82) is 0 Å². The molecule has 3 rings (SSSR count). The fraction of sp³-hybridized carbons (Fsp3) is 0.316. The Morgan fingerprint density at radius 2 is 1.92 bits per heavy atom. The summed E-state index contributed by atoms with van der Waals surface area (Å²) >= 11 is 1.58. The van der Waals surface area contributed by atoms with Crippen LogP contribution in [0.2, 0.25) is 0 Å². The van der Waals surface area contributed by atoms with Gasteiger partial charge in [0.15, 0.2) is 5.16 Å². The van der Waals surface area contributed by atoms with Crippen molar-refractivity contribution in [3.05, 3.63) is 54.1 Å². The van der Waals surface area contributed by atoms with Crippen molar-refractivity contribution < 1.29 is 14.9 Å². The molecule has 1 unspecified atom stereocenters. The number of para-hydroxylation sites is 3. The van der Waals surface area contributed by atoms with Gasteiger partial charge in [0.1, 0.15) is 5.75 Å². The Labute approximate surface area is 151 Å². The minimum atomic E-state index is -0.805. The van der Waals surface area contributed by atoms with Crippen LogP contribution < -0.4 is 4.74 Å². The zero-order chi connectivity index (χ0) is 17.6. The number of hydrogen-bond donors (Lipinski definition) is 2. The highest BCUT2D eigenvalue weighted by Gasteiger charge is 2.14. The normalized spacial score (nSPS) is 12.4. The quantitative estimate of drug-likeness (QED) is 0.479. The van der Waals surface area contributed by atoms with Crippen LogP contribution >= 0.6 is 11.8 Å². The molecule has 0 bridgehead atoms. The first-order valence-electron chi connectivity index (χ1n) is 8.24. The third-order valence-corrected chi connectivity index (χ3v) is 4.83. The van der Waals surface area contributed by atoms with Crippen LogP contribution in [0.5, 0.6) is 5.75 Å². The van der Waals surface area contributed by atoms with Crippen LogP contribution in [0.15, 0.2) is 53.7 Å². The van der Waals surface area contributed by atoms with Crippen LogP contribution in [0.3, 0.4) is 0 Å². The Bertz CT molecular complexity index is 834. The zero-order valence-corrected chi connectivity index (χ0v) is 14.9. The van der Waals surface area contributed by atoms with Crippen molar-refractivity contribution in [2.75, 3.05) is 19.0 Å². The van der Waals surface area contributed by atoms with E-state index in [1.54, 1.807) is 11.8 Å². The Morgan fingerprint density at radius 3 is 2.72 bits per heavy atom. The molecule has 0 aliphatic rings. The van der Waals surface area contributed by atoms with Crippen LogP contribution in [-0.4, -0.2) is 44.8 Å². The topological polar surface area (TPSA) is 67.5 Å². The summed E-state index contributed by atoms with van der Waals surface area (Å²) in [5.41, 5.74) is 2.96. The van der Waals surface area contributed by atoms with Gasteiger partial charge in [0, 0.05) is 5.75 Å². The first-order chi connectivity index (χ1) is 12.2. The Hall–Kier alpha value is -2.02. The molecule has 0 aliphatic carbocycles. The molecule has 3 aromatic rings. The number of rotatable bonds is 8. The second-order valence-corrected chi connectivity index (χ2v) is 6.85. The molecule has 5 nitrogen and oxygen atoms in total. The molecule has 0 saturated carbocycles. The third-order valence-electron chi connectivity index (χ3n) is 3.89. The van der Waals surface area contributed by atoms with Gasteiger partial charge in [-0.1, -0.05) is 42.1 Å². The van der Waals surface area contributed by atoms with Gasteiger partial charge in [-0.25, -0.2) is 4.98 Å². The summed E-state index contributed by atoms with van der Waals surface area (Å²) < 4.78 is 7.78. The first kappa shape index (κ1) is 17.8. The van der Waals surface area contributed by atoms with Crippen molar-refractivity contribution in [3.8, 4) is 5.75 Å². The monoisotopic (exact) mass is 358 g/mol. The van der Waals surface area contributed by atoms with Gasteiger partial charge in [0.2, 0.25) is 0 Å². The molecule has 25 heavy (non-hydrogen) atoms. The van der Waals surface area contributed by atoms with Crippen LogP contribution in [-0.2, 0) is 6.54 Å². The summed E-state index contributed by atoms with van der Waals surface area (Å²) in [6.07, 6.45) is -0.805. The second-order valence-electron chi connectivity index (χ2n) is 5.79. The van der Waals surface area contributed by atoms with Crippen molar-refractivity contribution in [2.24, 2.45) is 0 Å². The number of aliphatic hydroxyl groups excluding tert-OH is 2. The molecule has 0 fully saturated rings. The molecule has 1 atom stereocenters.